The number of unbranched alkanes of at least 4 members (excludes halogenated alkanes) is 7. The van der Waals surface area contributed by atoms with Crippen LogP contribution in [-0.4, -0.2) is 19.2 Å². The Balaban J connectivity index is 2.17. The molecule has 0 saturated heterocycles. The molecule has 0 aliphatic carbocycles. The quantitative estimate of drug-likeness (QED) is 0.0697. The second-order valence-electron chi connectivity index (χ2n) is 9.78. The molecule has 1 heterocycles. The summed E-state index contributed by atoms with van der Waals surface area (Å²) in [7, 11) is 0. The normalized spacial score (nSPS) is 11.4. The molecule has 204 valence electrons. The van der Waals surface area contributed by atoms with Gasteiger partial charge in [-0.3, -0.25) is 4.79 Å². The van der Waals surface area contributed by atoms with E-state index in [1.165, 1.54) is 50.2 Å². The summed E-state index contributed by atoms with van der Waals surface area (Å²) in [5.41, 5.74) is 2.02. The van der Waals surface area contributed by atoms with Crippen LogP contribution in [0.4, 0.5) is 0 Å². The SMILES string of the molecule is CCCCCCCCCCOc1c(OCC=C(C)CCC=C(C)C)c2cccc(OC(C)=O)c2oc1=O. The maximum atomic E-state index is 12.9. The van der Waals surface area contributed by atoms with Gasteiger partial charge in [-0.05, 0) is 58.2 Å². The highest BCUT2D eigenvalue weighted by Gasteiger charge is 2.20. The predicted octanol–water partition coefficient (Wildman–Crippen LogP) is 8.31. The molecule has 0 radical (unpaired) electrons. The van der Waals surface area contributed by atoms with E-state index in [2.05, 4.69) is 33.8 Å². The molecular formula is C31H44O6. The molecule has 0 bridgehead atoms. The van der Waals surface area contributed by atoms with E-state index >= 15 is 0 Å². The molecule has 37 heavy (non-hydrogen) atoms. The number of rotatable bonds is 17. The zero-order valence-electron chi connectivity index (χ0n) is 23.3. The number of benzene rings is 1. The van der Waals surface area contributed by atoms with Gasteiger partial charge >= 0.3 is 11.6 Å². The Bertz CT molecular complexity index is 1100. The van der Waals surface area contributed by atoms with Crippen LogP contribution in [0.15, 0.2) is 50.7 Å². The fourth-order valence-electron chi connectivity index (χ4n) is 4.02. The summed E-state index contributed by atoms with van der Waals surface area (Å²) in [6.07, 6.45) is 15.5. The number of allylic oxidation sites excluding steroid dienone is 3. The number of esters is 1. The first kappa shape index (κ1) is 30.2. The summed E-state index contributed by atoms with van der Waals surface area (Å²) in [6.45, 7) is 10.5. The molecule has 6 heteroatoms. The van der Waals surface area contributed by atoms with Gasteiger partial charge in [-0.2, -0.15) is 0 Å². The number of hydrogen-bond donors (Lipinski definition) is 0. The molecule has 2 rings (SSSR count). The lowest BCUT2D eigenvalue weighted by atomic mass is 10.1. The summed E-state index contributed by atoms with van der Waals surface area (Å²) in [4.78, 5) is 24.5. The molecule has 0 aliphatic rings. The van der Waals surface area contributed by atoms with Crippen LogP contribution in [0.3, 0.4) is 0 Å². The number of hydrogen-bond acceptors (Lipinski definition) is 6. The van der Waals surface area contributed by atoms with Crippen molar-refractivity contribution in [2.45, 2.75) is 98.8 Å². The molecule has 0 N–H and O–H groups in total. The number of carbonyl (C=O) groups excluding carboxylic acids is 1. The van der Waals surface area contributed by atoms with Crippen molar-refractivity contribution in [3.8, 4) is 17.2 Å². The van der Waals surface area contributed by atoms with Crippen LogP contribution in [0.5, 0.6) is 17.2 Å². The molecule has 0 amide bonds. The van der Waals surface area contributed by atoms with Crippen molar-refractivity contribution in [3.05, 3.63) is 51.9 Å². The summed E-state index contributed by atoms with van der Waals surface area (Å²) in [5, 5.41) is 0.528. The molecular weight excluding hydrogens is 468 g/mol. The first-order chi connectivity index (χ1) is 17.8. The Morgan fingerprint density at radius 2 is 1.59 bits per heavy atom. The number of carbonyl (C=O) groups is 1. The molecule has 1 aromatic heterocycles. The molecule has 0 aliphatic heterocycles. The van der Waals surface area contributed by atoms with Crippen LogP contribution in [0.25, 0.3) is 11.0 Å². The lowest BCUT2D eigenvalue weighted by Crippen LogP contribution is -2.12. The first-order valence-corrected chi connectivity index (χ1v) is 13.7. The second-order valence-corrected chi connectivity index (χ2v) is 9.78. The second kappa shape index (κ2) is 16.7. The van der Waals surface area contributed by atoms with Gasteiger partial charge in [0.1, 0.15) is 6.61 Å². The fourth-order valence-corrected chi connectivity index (χ4v) is 4.02. The Hall–Kier alpha value is -3.02. The Kier molecular flexibility index (Phi) is 13.6. The van der Waals surface area contributed by atoms with Gasteiger partial charge in [0.25, 0.3) is 0 Å². The summed E-state index contributed by atoms with van der Waals surface area (Å²) < 4.78 is 22.8. The average Bonchev–Trinajstić information content (AvgIpc) is 2.84. The number of ether oxygens (including phenoxy) is 3. The van der Waals surface area contributed by atoms with E-state index in [0.717, 1.165) is 32.1 Å². The molecule has 0 atom stereocenters. The summed E-state index contributed by atoms with van der Waals surface area (Å²) >= 11 is 0. The predicted molar refractivity (Wildman–Crippen MR) is 150 cm³/mol. The van der Waals surface area contributed by atoms with Crippen LogP contribution in [0, 0.1) is 0 Å². The smallest absolute Gasteiger partial charge is 0.383 e. The van der Waals surface area contributed by atoms with E-state index in [4.69, 9.17) is 18.6 Å². The van der Waals surface area contributed by atoms with Gasteiger partial charge < -0.3 is 18.6 Å². The van der Waals surface area contributed by atoms with E-state index < -0.39 is 11.6 Å². The van der Waals surface area contributed by atoms with Gasteiger partial charge in [0.2, 0.25) is 5.75 Å². The van der Waals surface area contributed by atoms with Gasteiger partial charge in [0.05, 0.1) is 12.0 Å². The fraction of sp³-hybridized carbons (Fsp3) is 0.548. The zero-order chi connectivity index (χ0) is 27.0. The summed E-state index contributed by atoms with van der Waals surface area (Å²) in [6, 6.07) is 5.09. The van der Waals surface area contributed by atoms with Crippen molar-refractivity contribution >= 4 is 16.9 Å². The highest BCUT2D eigenvalue weighted by atomic mass is 16.5. The van der Waals surface area contributed by atoms with Crippen molar-refractivity contribution in [1.29, 1.82) is 0 Å². The summed E-state index contributed by atoms with van der Waals surface area (Å²) in [5.74, 6) is 0.0526. The van der Waals surface area contributed by atoms with Crippen LogP contribution < -0.4 is 19.8 Å². The van der Waals surface area contributed by atoms with Crippen LogP contribution in [0.2, 0.25) is 0 Å². The highest BCUT2D eigenvalue weighted by Crippen LogP contribution is 2.37. The third kappa shape index (κ3) is 10.9. The minimum absolute atomic E-state index is 0.0611. The average molecular weight is 513 g/mol. The monoisotopic (exact) mass is 512 g/mol. The van der Waals surface area contributed by atoms with Gasteiger partial charge in [0.15, 0.2) is 17.1 Å². The first-order valence-electron chi connectivity index (χ1n) is 13.7. The van der Waals surface area contributed by atoms with Crippen LogP contribution in [-0.2, 0) is 4.79 Å². The molecule has 1 aromatic carbocycles. The maximum Gasteiger partial charge on any atom is 0.383 e. The minimum atomic E-state index is -0.647. The van der Waals surface area contributed by atoms with Crippen molar-refractivity contribution < 1.29 is 23.4 Å². The van der Waals surface area contributed by atoms with E-state index in [1.807, 2.05) is 6.08 Å². The Morgan fingerprint density at radius 3 is 2.27 bits per heavy atom. The van der Waals surface area contributed by atoms with Crippen LogP contribution >= 0.6 is 0 Å². The molecule has 2 aromatic rings. The lowest BCUT2D eigenvalue weighted by molar-refractivity contribution is -0.131. The molecule has 0 fully saturated rings. The van der Waals surface area contributed by atoms with E-state index in [9.17, 15) is 9.59 Å². The molecule has 0 unspecified atom stereocenters. The van der Waals surface area contributed by atoms with Crippen LogP contribution in [0.1, 0.15) is 98.8 Å². The largest absolute Gasteiger partial charge is 0.485 e. The molecule has 0 spiro atoms. The number of para-hydroxylation sites is 1. The lowest BCUT2D eigenvalue weighted by Gasteiger charge is -2.14. The van der Waals surface area contributed by atoms with E-state index in [1.54, 1.807) is 18.2 Å². The van der Waals surface area contributed by atoms with Crippen molar-refractivity contribution in [3.63, 3.8) is 0 Å². The maximum absolute atomic E-state index is 12.9. The Morgan fingerprint density at radius 1 is 0.892 bits per heavy atom. The third-order valence-corrected chi connectivity index (χ3v) is 6.06. The minimum Gasteiger partial charge on any atom is -0.485 e. The number of fused-ring (bicyclic) bond motifs is 1. The standard InChI is InChI=1S/C31H44O6/c1-6-7-8-9-10-11-12-13-21-34-30-29(35-22-20-24(4)17-14-16-23(2)3)26-18-15-19-27(36-25(5)32)28(26)37-31(30)33/h15-16,18-20H,6-14,17,21-22H2,1-5H3. The van der Waals surface area contributed by atoms with Crippen molar-refractivity contribution in [2.24, 2.45) is 0 Å². The van der Waals surface area contributed by atoms with Crippen molar-refractivity contribution in [2.75, 3.05) is 13.2 Å². The van der Waals surface area contributed by atoms with E-state index in [-0.39, 0.29) is 23.7 Å². The molecule has 6 nitrogen and oxygen atoms in total. The van der Waals surface area contributed by atoms with Crippen molar-refractivity contribution in [1.82, 2.24) is 0 Å². The topological polar surface area (TPSA) is 75.0 Å². The highest BCUT2D eigenvalue weighted by molar-refractivity contribution is 5.91. The van der Waals surface area contributed by atoms with Gasteiger partial charge in [-0.15, -0.1) is 0 Å². The van der Waals surface area contributed by atoms with Gasteiger partial charge in [0, 0.05) is 6.92 Å². The zero-order valence-corrected chi connectivity index (χ0v) is 23.3. The molecule has 0 saturated carbocycles. The van der Waals surface area contributed by atoms with Gasteiger partial charge in [-0.25, -0.2) is 4.79 Å². The van der Waals surface area contributed by atoms with E-state index in [0.29, 0.717) is 17.7 Å². The third-order valence-electron chi connectivity index (χ3n) is 6.06. The van der Waals surface area contributed by atoms with Gasteiger partial charge in [-0.1, -0.05) is 75.2 Å². The Labute approximate surface area is 221 Å².